The maximum Gasteiger partial charge on any atom is 0.410 e. The SMILES string of the molecule is O=C(O)C1CCN(C(=O)OCc2ccccc2)C1c1ccccc1. The van der Waals surface area contributed by atoms with Gasteiger partial charge in [-0.2, -0.15) is 0 Å². The molecule has 1 N–H and O–H groups in total. The van der Waals surface area contributed by atoms with E-state index < -0.39 is 24.0 Å². The molecule has 3 rings (SSSR count). The van der Waals surface area contributed by atoms with Gasteiger partial charge in [0, 0.05) is 6.54 Å². The van der Waals surface area contributed by atoms with Gasteiger partial charge < -0.3 is 14.7 Å². The zero-order valence-corrected chi connectivity index (χ0v) is 13.2. The molecule has 1 aliphatic rings. The topological polar surface area (TPSA) is 66.8 Å². The molecular formula is C19H19NO4. The number of aliphatic carboxylic acids is 1. The van der Waals surface area contributed by atoms with Gasteiger partial charge in [0.05, 0.1) is 12.0 Å². The molecule has 1 saturated heterocycles. The van der Waals surface area contributed by atoms with Crippen molar-refractivity contribution in [3.05, 3.63) is 71.8 Å². The molecule has 2 unspecified atom stereocenters. The minimum atomic E-state index is -0.887. The lowest BCUT2D eigenvalue weighted by molar-refractivity contribution is -0.142. The molecule has 1 fully saturated rings. The van der Waals surface area contributed by atoms with Crippen LogP contribution in [0.1, 0.15) is 23.6 Å². The lowest BCUT2D eigenvalue weighted by Crippen LogP contribution is -2.34. The van der Waals surface area contributed by atoms with E-state index in [-0.39, 0.29) is 6.61 Å². The number of ether oxygens (including phenoxy) is 1. The lowest BCUT2D eigenvalue weighted by Gasteiger charge is -2.26. The molecule has 0 radical (unpaired) electrons. The predicted molar refractivity (Wildman–Crippen MR) is 88.3 cm³/mol. The summed E-state index contributed by atoms with van der Waals surface area (Å²) in [5, 5.41) is 9.47. The fourth-order valence-corrected chi connectivity index (χ4v) is 3.12. The van der Waals surface area contributed by atoms with Gasteiger partial charge in [-0.25, -0.2) is 4.79 Å². The first-order valence-corrected chi connectivity index (χ1v) is 7.92. The highest BCUT2D eigenvalue weighted by atomic mass is 16.6. The van der Waals surface area contributed by atoms with Gasteiger partial charge in [-0.1, -0.05) is 60.7 Å². The van der Waals surface area contributed by atoms with Gasteiger partial charge in [0.1, 0.15) is 6.61 Å². The third kappa shape index (κ3) is 3.40. The summed E-state index contributed by atoms with van der Waals surface area (Å²) in [5.41, 5.74) is 1.72. The van der Waals surface area contributed by atoms with Crippen LogP contribution in [0, 0.1) is 5.92 Å². The fraction of sp³-hybridized carbons (Fsp3) is 0.263. The number of carboxylic acids is 1. The Labute approximate surface area is 140 Å². The van der Waals surface area contributed by atoms with Crippen LogP contribution < -0.4 is 0 Å². The van der Waals surface area contributed by atoms with E-state index in [4.69, 9.17) is 4.74 Å². The molecule has 1 aliphatic heterocycles. The summed E-state index contributed by atoms with van der Waals surface area (Å²) in [6.45, 7) is 0.555. The van der Waals surface area contributed by atoms with Crippen molar-refractivity contribution in [2.45, 2.75) is 19.1 Å². The second-order valence-corrected chi connectivity index (χ2v) is 5.82. The minimum absolute atomic E-state index is 0.176. The quantitative estimate of drug-likeness (QED) is 0.934. The number of amides is 1. The van der Waals surface area contributed by atoms with E-state index >= 15 is 0 Å². The van der Waals surface area contributed by atoms with Crippen molar-refractivity contribution in [2.24, 2.45) is 5.92 Å². The van der Waals surface area contributed by atoms with E-state index in [1.807, 2.05) is 60.7 Å². The van der Waals surface area contributed by atoms with Crippen LogP contribution in [0.15, 0.2) is 60.7 Å². The van der Waals surface area contributed by atoms with Crippen LogP contribution in [0.25, 0.3) is 0 Å². The molecule has 2 atom stereocenters. The normalized spacial score (nSPS) is 19.9. The predicted octanol–water partition coefficient (Wildman–Crippen LogP) is 3.47. The molecule has 0 aromatic heterocycles. The Bertz CT molecular complexity index is 702. The van der Waals surface area contributed by atoms with Gasteiger partial charge in [0.25, 0.3) is 0 Å². The Morgan fingerprint density at radius 3 is 2.29 bits per heavy atom. The molecule has 5 heteroatoms. The van der Waals surface area contributed by atoms with Gasteiger partial charge in [0.15, 0.2) is 0 Å². The Morgan fingerprint density at radius 2 is 1.67 bits per heavy atom. The zero-order valence-electron chi connectivity index (χ0n) is 13.2. The summed E-state index contributed by atoms with van der Waals surface area (Å²) in [7, 11) is 0. The largest absolute Gasteiger partial charge is 0.481 e. The fourth-order valence-electron chi connectivity index (χ4n) is 3.12. The number of hydrogen-bond acceptors (Lipinski definition) is 3. The number of nitrogens with zero attached hydrogens (tertiary/aromatic N) is 1. The van der Waals surface area contributed by atoms with Gasteiger partial charge in [-0.15, -0.1) is 0 Å². The highest BCUT2D eigenvalue weighted by Crippen LogP contribution is 2.37. The summed E-state index contributed by atoms with van der Waals surface area (Å²) >= 11 is 0. The van der Waals surface area contributed by atoms with Crippen molar-refractivity contribution >= 4 is 12.1 Å². The maximum absolute atomic E-state index is 12.5. The molecule has 0 spiro atoms. The lowest BCUT2D eigenvalue weighted by atomic mass is 9.94. The van der Waals surface area contributed by atoms with Crippen LogP contribution in [0.4, 0.5) is 4.79 Å². The zero-order chi connectivity index (χ0) is 16.9. The van der Waals surface area contributed by atoms with Gasteiger partial charge in [0.2, 0.25) is 0 Å². The van der Waals surface area contributed by atoms with Crippen LogP contribution in [-0.4, -0.2) is 28.6 Å². The summed E-state index contributed by atoms with van der Waals surface area (Å²) in [4.78, 5) is 25.6. The van der Waals surface area contributed by atoms with E-state index in [2.05, 4.69) is 0 Å². The van der Waals surface area contributed by atoms with Crippen molar-refractivity contribution in [3.63, 3.8) is 0 Å². The standard InChI is InChI=1S/C19H19NO4/c21-18(22)16-11-12-20(17(16)15-9-5-2-6-10-15)19(23)24-13-14-7-3-1-4-8-14/h1-10,16-17H,11-13H2,(H,21,22). The first kappa shape index (κ1) is 16.1. The number of carboxylic acid groups (broad SMARTS) is 1. The van der Waals surface area contributed by atoms with Crippen LogP contribution >= 0.6 is 0 Å². The third-order valence-electron chi connectivity index (χ3n) is 4.30. The minimum Gasteiger partial charge on any atom is -0.481 e. The molecule has 1 heterocycles. The van der Waals surface area contributed by atoms with E-state index in [9.17, 15) is 14.7 Å². The Balaban J connectivity index is 1.75. The Hall–Kier alpha value is -2.82. The highest BCUT2D eigenvalue weighted by molar-refractivity contribution is 5.75. The van der Waals surface area contributed by atoms with E-state index in [1.165, 1.54) is 4.90 Å². The Kier molecular flexibility index (Phi) is 4.79. The van der Waals surface area contributed by atoms with Gasteiger partial charge in [-0.3, -0.25) is 4.79 Å². The van der Waals surface area contributed by atoms with E-state index in [0.29, 0.717) is 13.0 Å². The first-order chi connectivity index (χ1) is 11.7. The molecule has 2 aromatic carbocycles. The van der Waals surface area contributed by atoms with Crippen LogP contribution in [0.3, 0.4) is 0 Å². The van der Waals surface area contributed by atoms with Crippen molar-refractivity contribution in [1.29, 1.82) is 0 Å². The molecular weight excluding hydrogens is 306 g/mol. The number of carbonyl (C=O) groups is 2. The molecule has 2 aromatic rings. The van der Waals surface area contributed by atoms with E-state index in [1.54, 1.807) is 0 Å². The second kappa shape index (κ2) is 7.17. The molecule has 1 amide bonds. The van der Waals surface area contributed by atoms with Crippen molar-refractivity contribution in [2.75, 3.05) is 6.54 Å². The van der Waals surface area contributed by atoms with Gasteiger partial charge in [-0.05, 0) is 17.5 Å². The molecule has 24 heavy (non-hydrogen) atoms. The number of likely N-dealkylation sites (tertiary alicyclic amines) is 1. The Morgan fingerprint density at radius 1 is 1.04 bits per heavy atom. The summed E-state index contributed by atoms with van der Waals surface area (Å²) in [6.07, 6.45) is -0.0496. The molecule has 124 valence electrons. The molecule has 0 aliphatic carbocycles. The van der Waals surface area contributed by atoms with Crippen molar-refractivity contribution in [3.8, 4) is 0 Å². The smallest absolute Gasteiger partial charge is 0.410 e. The van der Waals surface area contributed by atoms with E-state index in [0.717, 1.165) is 11.1 Å². The van der Waals surface area contributed by atoms with Crippen molar-refractivity contribution in [1.82, 2.24) is 4.90 Å². The summed E-state index contributed by atoms with van der Waals surface area (Å²) < 4.78 is 5.39. The number of carbonyl (C=O) groups excluding carboxylic acids is 1. The van der Waals surface area contributed by atoms with Crippen LogP contribution in [0.2, 0.25) is 0 Å². The van der Waals surface area contributed by atoms with Gasteiger partial charge >= 0.3 is 12.1 Å². The third-order valence-corrected chi connectivity index (χ3v) is 4.30. The summed E-state index contributed by atoms with van der Waals surface area (Å²) in [6, 6.07) is 18.2. The maximum atomic E-state index is 12.5. The second-order valence-electron chi connectivity index (χ2n) is 5.82. The number of rotatable bonds is 4. The monoisotopic (exact) mass is 325 g/mol. The molecule has 5 nitrogen and oxygen atoms in total. The number of benzene rings is 2. The highest BCUT2D eigenvalue weighted by Gasteiger charge is 2.42. The average Bonchev–Trinajstić information content (AvgIpc) is 3.07. The number of hydrogen-bond donors (Lipinski definition) is 1. The molecule has 0 saturated carbocycles. The average molecular weight is 325 g/mol. The van der Waals surface area contributed by atoms with Crippen molar-refractivity contribution < 1.29 is 19.4 Å². The summed E-state index contributed by atoms with van der Waals surface area (Å²) in [5.74, 6) is -1.50. The molecule has 0 bridgehead atoms. The first-order valence-electron chi connectivity index (χ1n) is 7.92. The van der Waals surface area contributed by atoms with Crippen LogP contribution in [-0.2, 0) is 16.1 Å². The van der Waals surface area contributed by atoms with Crippen LogP contribution in [0.5, 0.6) is 0 Å².